The van der Waals surface area contributed by atoms with Crippen LogP contribution in [0.4, 0.5) is 11.4 Å². The molecular formula is C12H13Cl2N5OS. The Morgan fingerprint density at radius 1 is 1.43 bits per heavy atom. The molecule has 2 aromatic rings. The maximum absolute atomic E-state index is 12.0. The highest BCUT2D eigenvalue weighted by molar-refractivity contribution is 7.99. The van der Waals surface area contributed by atoms with E-state index in [-0.39, 0.29) is 11.7 Å². The van der Waals surface area contributed by atoms with Gasteiger partial charge in [-0.25, -0.2) is 0 Å². The molecule has 0 bridgehead atoms. The van der Waals surface area contributed by atoms with Crippen molar-refractivity contribution in [1.82, 2.24) is 14.8 Å². The number of nitrogens with zero attached hydrogens (tertiary/aromatic N) is 3. The van der Waals surface area contributed by atoms with Gasteiger partial charge in [0.05, 0.1) is 22.2 Å². The second kappa shape index (κ2) is 6.55. The third-order valence-electron chi connectivity index (χ3n) is 2.73. The van der Waals surface area contributed by atoms with Crippen LogP contribution in [0.25, 0.3) is 0 Å². The fourth-order valence-electron chi connectivity index (χ4n) is 1.54. The molecule has 0 aliphatic rings. The van der Waals surface area contributed by atoms with E-state index >= 15 is 0 Å². The van der Waals surface area contributed by atoms with Gasteiger partial charge in [0, 0.05) is 12.1 Å². The van der Waals surface area contributed by atoms with Crippen molar-refractivity contribution < 1.29 is 4.79 Å². The molecule has 112 valence electrons. The molecular weight excluding hydrogens is 333 g/mol. The summed E-state index contributed by atoms with van der Waals surface area (Å²) in [5.41, 5.74) is 6.47. The van der Waals surface area contributed by atoms with Gasteiger partial charge in [0.1, 0.15) is 5.82 Å². The molecule has 0 saturated carbocycles. The van der Waals surface area contributed by atoms with E-state index in [0.29, 0.717) is 26.6 Å². The number of carbonyl (C=O) groups is 1. The maximum atomic E-state index is 12.0. The Bertz CT molecular complexity index is 665. The quantitative estimate of drug-likeness (QED) is 0.657. The summed E-state index contributed by atoms with van der Waals surface area (Å²) in [5.74, 6) is 0.712. The molecule has 1 aromatic carbocycles. The molecule has 3 N–H and O–H groups in total. The van der Waals surface area contributed by atoms with Gasteiger partial charge >= 0.3 is 0 Å². The first-order chi connectivity index (χ1) is 9.88. The van der Waals surface area contributed by atoms with Crippen LogP contribution in [0.1, 0.15) is 5.82 Å². The number of aryl methyl sites for hydroxylation is 1. The average molecular weight is 346 g/mol. The van der Waals surface area contributed by atoms with Crippen LogP contribution < -0.4 is 11.1 Å². The van der Waals surface area contributed by atoms with Gasteiger partial charge in [0.2, 0.25) is 5.91 Å². The number of anilines is 2. The minimum absolute atomic E-state index is 0.171. The van der Waals surface area contributed by atoms with Crippen LogP contribution in [-0.4, -0.2) is 26.4 Å². The number of thioether (sulfide) groups is 1. The fraction of sp³-hybridized carbons (Fsp3) is 0.250. The van der Waals surface area contributed by atoms with Crippen molar-refractivity contribution in [3.8, 4) is 0 Å². The van der Waals surface area contributed by atoms with E-state index in [1.807, 2.05) is 18.5 Å². The van der Waals surface area contributed by atoms with E-state index < -0.39 is 0 Å². The van der Waals surface area contributed by atoms with E-state index in [2.05, 4.69) is 15.5 Å². The third kappa shape index (κ3) is 3.81. The molecule has 0 radical (unpaired) electrons. The van der Waals surface area contributed by atoms with E-state index in [1.165, 1.54) is 23.9 Å². The molecule has 21 heavy (non-hydrogen) atoms. The lowest BCUT2D eigenvalue weighted by molar-refractivity contribution is -0.113. The summed E-state index contributed by atoms with van der Waals surface area (Å²) in [5, 5.41) is 11.9. The first-order valence-electron chi connectivity index (χ1n) is 5.91. The number of hydrogen-bond donors (Lipinski definition) is 2. The van der Waals surface area contributed by atoms with Crippen molar-refractivity contribution in [3.63, 3.8) is 0 Å². The van der Waals surface area contributed by atoms with E-state index in [4.69, 9.17) is 28.9 Å². The molecule has 0 fully saturated rings. The van der Waals surface area contributed by atoms with Crippen molar-refractivity contribution in [1.29, 1.82) is 0 Å². The predicted octanol–water partition coefficient (Wildman–Crippen LogP) is 2.74. The van der Waals surface area contributed by atoms with Crippen LogP contribution in [0.5, 0.6) is 0 Å². The number of carbonyl (C=O) groups excluding carboxylic acids is 1. The number of rotatable bonds is 4. The van der Waals surface area contributed by atoms with Crippen LogP contribution in [0.15, 0.2) is 17.3 Å². The van der Waals surface area contributed by atoms with Crippen LogP contribution in [0.2, 0.25) is 10.0 Å². The molecule has 0 spiro atoms. The smallest absolute Gasteiger partial charge is 0.234 e. The van der Waals surface area contributed by atoms with Gasteiger partial charge < -0.3 is 15.6 Å². The second-order valence-electron chi connectivity index (χ2n) is 4.28. The van der Waals surface area contributed by atoms with Crippen LogP contribution >= 0.6 is 35.0 Å². The number of hydrogen-bond acceptors (Lipinski definition) is 5. The topological polar surface area (TPSA) is 85.8 Å². The van der Waals surface area contributed by atoms with Gasteiger partial charge in [-0.05, 0) is 19.1 Å². The lowest BCUT2D eigenvalue weighted by atomic mass is 10.2. The Morgan fingerprint density at radius 2 is 2.14 bits per heavy atom. The zero-order chi connectivity index (χ0) is 15.6. The summed E-state index contributed by atoms with van der Waals surface area (Å²) in [4.78, 5) is 12.0. The van der Waals surface area contributed by atoms with Crippen LogP contribution in [-0.2, 0) is 11.8 Å². The second-order valence-corrected chi connectivity index (χ2v) is 6.06. The number of nitrogens with one attached hydrogen (secondary N) is 1. The van der Waals surface area contributed by atoms with Crippen molar-refractivity contribution >= 4 is 52.2 Å². The molecule has 0 aliphatic carbocycles. The zero-order valence-corrected chi connectivity index (χ0v) is 13.7. The normalized spacial score (nSPS) is 10.7. The molecule has 0 saturated heterocycles. The zero-order valence-electron chi connectivity index (χ0n) is 11.4. The predicted molar refractivity (Wildman–Crippen MR) is 86.0 cm³/mol. The number of amides is 1. The number of benzene rings is 1. The van der Waals surface area contributed by atoms with Crippen molar-refractivity contribution in [2.75, 3.05) is 16.8 Å². The van der Waals surface area contributed by atoms with Crippen molar-refractivity contribution in [3.05, 3.63) is 28.0 Å². The highest BCUT2D eigenvalue weighted by Crippen LogP contribution is 2.32. The Labute approximate surface area is 136 Å². The first-order valence-corrected chi connectivity index (χ1v) is 7.65. The Balaban J connectivity index is 2.01. The molecule has 1 amide bonds. The molecule has 9 heteroatoms. The molecule has 0 aliphatic heterocycles. The van der Waals surface area contributed by atoms with Crippen LogP contribution in [0, 0.1) is 6.92 Å². The average Bonchev–Trinajstić information content (AvgIpc) is 2.72. The van der Waals surface area contributed by atoms with Gasteiger partial charge in [-0.3, -0.25) is 4.79 Å². The Hall–Kier alpha value is -1.44. The first kappa shape index (κ1) is 15.9. The lowest BCUT2D eigenvalue weighted by Crippen LogP contribution is -2.16. The largest absolute Gasteiger partial charge is 0.397 e. The third-order valence-corrected chi connectivity index (χ3v) is 4.27. The van der Waals surface area contributed by atoms with Crippen LogP contribution in [0.3, 0.4) is 0 Å². The molecule has 1 aromatic heterocycles. The monoisotopic (exact) mass is 345 g/mol. The van der Waals surface area contributed by atoms with Gasteiger partial charge in [-0.1, -0.05) is 35.0 Å². The van der Waals surface area contributed by atoms with Gasteiger partial charge in [0.15, 0.2) is 5.16 Å². The van der Waals surface area contributed by atoms with E-state index in [0.717, 1.165) is 5.82 Å². The number of halogens is 2. The molecule has 0 unspecified atom stereocenters. The van der Waals surface area contributed by atoms with Gasteiger partial charge in [0.25, 0.3) is 0 Å². The summed E-state index contributed by atoms with van der Waals surface area (Å²) in [7, 11) is 1.84. The summed E-state index contributed by atoms with van der Waals surface area (Å²) in [6.07, 6.45) is 0. The van der Waals surface area contributed by atoms with Gasteiger partial charge in [-0.2, -0.15) is 0 Å². The number of nitrogen functional groups attached to an aromatic ring is 1. The van der Waals surface area contributed by atoms with Crippen molar-refractivity contribution in [2.24, 2.45) is 7.05 Å². The standard InChI is InChI=1S/C12H13Cl2N5OS/c1-6-17-18-12(19(6)2)21-5-10(20)16-11-8(14)3-7(13)4-9(11)15/h3-4H,5,15H2,1-2H3,(H,16,20). The minimum Gasteiger partial charge on any atom is -0.397 e. The SMILES string of the molecule is Cc1nnc(SCC(=O)Nc2c(N)cc(Cl)cc2Cl)n1C. The molecule has 1 heterocycles. The lowest BCUT2D eigenvalue weighted by Gasteiger charge is -2.10. The molecule has 0 atom stereocenters. The number of nitrogens with two attached hydrogens (primary N) is 1. The summed E-state index contributed by atoms with van der Waals surface area (Å²) in [6, 6.07) is 3.05. The number of aromatic nitrogens is 3. The van der Waals surface area contributed by atoms with E-state index in [1.54, 1.807) is 0 Å². The highest BCUT2D eigenvalue weighted by atomic mass is 35.5. The molecule has 6 nitrogen and oxygen atoms in total. The Kier molecular flexibility index (Phi) is 4.97. The summed E-state index contributed by atoms with van der Waals surface area (Å²) >= 11 is 13.1. The fourth-order valence-corrected chi connectivity index (χ4v) is 2.86. The minimum atomic E-state index is -0.239. The Morgan fingerprint density at radius 3 is 2.71 bits per heavy atom. The van der Waals surface area contributed by atoms with Gasteiger partial charge in [-0.15, -0.1) is 10.2 Å². The molecule has 2 rings (SSSR count). The van der Waals surface area contributed by atoms with E-state index in [9.17, 15) is 4.79 Å². The summed E-state index contributed by atoms with van der Waals surface area (Å²) in [6.45, 7) is 1.84. The maximum Gasteiger partial charge on any atom is 0.234 e. The summed E-state index contributed by atoms with van der Waals surface area (Å²) < 4.78 is 1.81. The highest BCUT2D eigenvalue weighted by Gasteiger charge is 2.13. The van der Waals surface area contributed by atoms with Crippen molar-refractivity contribution in [2.45, 2.75) is 12.1 Å².